The average Bonchev–Trinajstić information content (AvgIpc) is 2.66. The molecule has 0 fully saturated rings. The van der Waals surface area contributed by atoms with Gasteiger partial charge >= 0.3 is 0 Å². The Labute approximate surface area is 182 Å². The molecule has 0 radical (unpaired) electrons. The van der Waals surface area contributed by atoms with Crippen molar-refractivity contribution in [3.8, 4) is 11.6 Å². The molecule has 30 heavy (non-hydrogen) atoms. The summed E-state index contributed by atoms with van der Waals surface area (Å²) in [6, 6.07) is 9.31. The summed E-state index contributed by atoms with van der Waals surface area (Å²) >= 11 is 5.79. The van der Waals surface area contributed by atoms with E-state index in [0.29, 0.717) is 16.7 Å². The van der Waals surface area contributed by atoms with E-state index in [1.165, 1.54) is 18.3 Å². The maximum Gasteiger partial charge on any atom is 0.249 e. The number of amides is 1. The molecule has 0 aliphatic rings. The molecule has 0 spiro atoms. The fourth-order valence-corrected chi connectivity index (χ4v) is 3.89. The lowest BCUT2D eigenvalue weighted by Crippen LogP contribution is -2.41. The van der Waals surface area contributed by atoms with Crippen LogP contribution in [0.15, 0.2) is 47.5 Å². The number of aromatic nitrogens is 1. The molecule has 1 amide bonds. The number of sulfone groups is 1. The number of hydrogen-bond donors (Lipinski definition) is 1. The van der Waals surface area contributed by atoms with Crippen LogP contribution in [-0.4, -0.2) is 30.7 Å². The lowest BCUT2D eigenvalue weighted by molar-refractivity contribution is -0.154. The summed E-state index contributed by atoms with van der Waals surface area (Å²) in [6.07, 6.45) is 1.60. The molecule has 0 aliphatic carbocycles. The van der Waals surface area contributed by atoms with Crippen LogP contribution in [0.2, 0.25) is 5.02 Å². The molecule has 0 aliphatic heterocycles. The highest BCUT2D eigenvalue weighted by Gasteiger charge is 2.31. The number of carbonyl (C=O) groups excluding carboxylic acids is 1. The van der Waals surface area contributed by atoms with Gasteiger partial charge in [0.15, 0.2) is 9.84 Å². The zero-order valence-electron chi connectivity index (χ0n) is 17.7. The second kappa shape index (κ2) is 9.32. The number of nitrogens with one attached hydrogen (secondary N) is 1. The van der Waals surface area contributed by atoms with Gasteiger partial charge in [0.05, 0.1) is 21.3 Å². The van der Waals surface area contributed by atoms with E-state index in [1.54, 1.807) is 58.9 Å². The third-order valence-electron chi connectivity index (χ3n) is 4.17. The zero-order chi connectivity index (χ0) is 22.6. The Hall–Kier alpha value is -2.16. The van der Waals surface area contributed by atoms with E-state index in [1.807, 2.05) is 0 Å². The molecule has 164 valence electrons. The molecule has 0 unspecified atom stereocenters. The molecule has 1 aromatic heterocycles. The number of nitrogens with zero attached hydrogens (tertiary/aromatic N) is 1. The van der Waals surface area contributed by atoms with Gasteiger partial charge in [-0.15, -0.1) is 0 Å². The van der Waals surface area contributed by atoms with E-state index in [9.17, 15) is 13.2 Å². The van der Waals surface area contributed by atoms with Crippen LogP contribution in [0.3, 0.4) is 0 Å². The predicted octanol–water partition coefficient (Wildman–Crippen LogP) is 4.56. The summed E-state index contributed by atoms with van der Waals surface area (Å²) in [7, 11) is -3.58. The van der Waals surface area contributed by atoms with Crippen molar-refractivity contribution in [2.75, 3.05) is 5.75 Å². The van der Waals surface area contributed by atoms with Gasteiger partial charge in [0.2, 0.25) is 11.8 Å². The van der Waals surface area contributed by atoms with Crippen LogP contribution >= 0.6 is 11.6 Å². The van der Waals surface area contributed by atoms with Crippen molar-refractivity contribution >= 4 is 27.3 Å². The minimum absolute atomic E-state index is 0.140. The van der Waals surface area contributed by atoms with Crippen molar-refractivity contribution in [3.63, 3.8) is 0 Å². The van der Waals surface area contributed by atoms with Crippen LogP contribution < -0.4 is 10.2 Å². The van der Waals surface area contributed by atoms with Crippen LogP contribution in [0.1, 0.15) is 41.0 Å². The maximum absolute atomic E-state index is 12.7. The first-order valence-corrected chi connectivity index (χ1v) is 11.4. The van der Waals surface area contributed by atoms with E-state index >= 15 is 0 Å². The van der Waals surface area contributed by atoms with Crippen molar-refractivity contribution in [2.24, 2.45) is 5.41 Å². The van der Waals surface area contributed by atoms with Crippen LogP contribution in [0.5, 0.6) is 11.6 Å². The number of pyridine rings is 1. The summed E-state index contributed by atoms with van der Waals surface area (Å²) < 4.78 is 31.0. The van der Waals surface area contributed by atoms with Gasteiger partial charge < -0.3 is 4.74 Å². The van der Waals surface area contributed by atoms with Crippen molar-refractivity contribution in [3.05, 3.63) is 47.6 Å². The quantitative estimate of drug-likeness (QED) is 0.587. The Bertz CT molecular complexity index is 966. The molecule has 0 bridgehead atoms. The largest absolute Gasteiger partial charge is 0.439 e. The van der Waals surface area contributed by atoms with E-state index in [0.717, 1.165) is 0 Å². The number of rotatable bonds is 8. The second-order valence-corrected chi connectivity index (χ2v) is 11.0. The van der Waals surface area contributed by atoms with Gasteiger partial charge in [-0.05, 0) is 57.5 Å². The monoisotopic (exact) mass is 454 g/mol. The predicted molar refractivity (Wildman–Crippen MR) is 115 cm³/mol. The number of hydroxylamine groups is 1. The van der Waals surface area contributed by atoms with Gasteiger partial charge in [-0.3, -0.25) is 9.63 Å². The van der Waals surface area contributed by atoms with Gasteiger partial charge in [0, 0.05) is 17.7 Å². The van der Waals surface area contributed by atoms with Crippen LogP contribution in [-0.2, 0) is 19.5 Å². The van der Waals surface area contributed by atoms with E-state index in [4.69, 9.17) is 21.2 Å². The third-order valence-corrected chi connectivity index (χ3v) is 6.12. The minimum Gasteiger partial charge on any atom is -0.439 e. The summed E-state index contributed by atoms with van der Waals surface area (Å²) in [5.41, 5.74) is 0.955. The summed E-state index contributed by atoms with van der Waals surface area (Å²) in [4.78, 5) is 21.8. The number of hydrogen-bond acceptors (Lipinski definition) is 6. The molecule has 2 aromatic rings. The molecule has 1 aromatic carbocycles. The molecular weight excluding hydrogens is 428 g/mol. The fourth-order valence-electron chi connectivity index (χ4n) is 2.22. The highest BCUT2D eigenvalue weighted by Crippen LogP contribution is 2.26. The Morgan fingerprint density at radius 1 is 1.07 bits per heavy atom. The molecule has 1 heterocycles. The first-order valence-electron chi connectivity index (χ1n) is 9.39. The van der Waals surface area contributed by atoms with Gasteiger partial charge in [0.25, 0.3) is 0 Å². The average molecular weight is 455 g/mol. The van der Waals surface area contributed by atoms with Gasteiger partial charge in [-0.25, -0.2) is 18.9 Å². The molecule has 9 heteroatoms. The van der Waals surface area contributed by atoms with Gasteiger partial charge in [0.1, 0.15) is 5.75 Å². The topological polar surface area (TPSA) is 94.6 Å². The lowest BCUT2D eigenvalue weighted by Gasteiger charge is -2.26. The number of benzene rings is 1. The number of halogens is 1. The SMILES string of the molecule is CC(C)(C)ONC(=O)C(C)(C)CCS(=O)(=O)c1ccc(Oc2ccc(Cl)cn2)cc1. The Morgan fingerprint density at radius 2 is 1.70 bits per heavy atom. The lowest BCUT2D eigenvalue weighted by atomic mass is 9.89. The van der Waals surface area contributed by atoms with Crippen molar-refractivity contribution in [1.29, 1.82) is 0 Å². The van der Waals surface area contributed by atoms with Crippen LogP contribution in [0, 0.1) is 5.41 Å². The fraction of sp³-hybridized carbons (Fsp3) is 0.429. The Kier molecular flexibility index (Phi) is 7.49. The van der Waals surface area contributed by atoms with Crippen molar-refractivity contribution in [2.45, 2.75) is 51.5 Å². The number of carbonyl (C=O) groups is 1. The summed E-state index contributed by atoms with van der Waals surface area (Å²) in [5.74, 6) is 0.247. The molecule has 0 atom stereocenters. The molecular formula is C21H27ClN2O5S. The van der Waals surface area contributed by atoms with E-state index in [2.05, 4.69) is 10.5 Å². The van der Waals surface area contributed by atoms with E-state index < -0.39 is 20.9 Å². The van der Waals surface area contributed by atoms with Gasteiger partial charge in [-0.1, -0.05) is 25.4 Å². The first-order chi connectivity index (χ1) is 13.8. The summed E-state index contributed by atoms with van der Waals surface area (Å²) in [6.45, 7) is 8.78. The molecule has 7 nitrogen and oxygen atoms in total. The second-order valence-electron chi connectivity index (χ2n) is 8.49. The van der Waals surface area contributed by atoms with E-state index in [-0.39, 0.29) is 23.0 Å². The zero-order valence-corrected chi connectivity index (χ0v) is 19.3. The van der Waals surface area contributed by atoms with Crippen molar-refractivity contribution in [1.82, 2.24) is 10.5 Å². The normalized spacial score (nSPS) is 12.5. The Balaban J connectivity index is 1.99. The van der Waals surface area contributed by atoms with Crippen LogP contribution in [0.25, 0.3) is 0 Å². The number of ether oxygens (including phenoxy) is 1. The molecule has 2 rings (SSSR count). The highest BCUT2D eigenvalue weighted by atomic mass is 35.5. The van der Waals surface area contributed by atoms with Gasteiger partial charge in [-0.2, -0.15) is 0 Å². The smallest absolute Gasteiger partial charge is 0.249 e. The van der Waals surface area contributed by atoms with Crippen LogP contribution in [0.4, 0.5) is 0 Å². The summed E-state index contributed by atoms with van der Waals surface area (Å²) in [5, 5.41) is 0.491. The molecule has 0 saturated carbocycles. The standard InChI is InChI=1S/C21H27ClN2O5S/c1-20(2,3)29-24-19(25)21(4,5)12-13-30(26,27)17-9-7-16(8-10-17)28-18-11-6-15(22)14-23-18/h6-11,14H,12-13H2,1-5H3,(H,24,25). The minimum atomic E-state index is -3.58. The maximum atomic E-state index is 12.7. The molecule has 0 saturated heterocycles. The third kappa shape index (κ3) is 7.27. The highest BCUT2D eigenvalue weighted by molar-refractivity contribution is 7.91. The first kappa shape index (κ1) is 24.1. The van der Waals surface area contributed by atoms with Crippen molar-refractivity contribution < 1.29 is 22.8 Å². The molecule has 1 N–H and O–H groups in total. The Morgan fingerprint density at radius 3 is 2.23 bits per heavy atom.